The van der Waals surface area contributed by atoms with Gasteiger partial charge in [-0.3, -0.25) is 0 Å². The lowest BCUT2D eigenvalue weighted by Gasteiger charge is -2.28. The second-order valence-corrected chi connectivity index (χ2v) is 11.7. The Balaban J connectivity index is 1.18. The largest absolute Gasteiger partial charge is 0.456 e. The number of para-hydroxylation sites is 2. The molecule has 0 atom stereocenters. The topological polar surface area (TPSA) is 42.4 Å². The van der Waals surface area contributed by atoms with Crippen LogP contribution in [0.25, 0.3) is 77.2 Å². The third-order valence-corrected chi connectivity index (χ3v) is 8.94. The average Bonchev–Trinajstić information content (AvgIpc) is 3.85. The summed E-state index contributed by atoms with van der Waals surface area (Å²) in [4.78, 5) is 6.91. The van der Waals surface area contributed by atoms with Gasteiger partial charge in [0.05, 0.1) is 16.7 Å². The summed E-state index contributed by atoms with van der Waals surface area (Å²) < 4.78 is 81.5. The van der Waals surface area contributed by atoms with Gasteiger partial charge in [-0.25, -0.2) is 4.98 Å². The summed E-state index contributed by atoms with van der Waals surface area (Å²) in [5.74, 6) is 0.116. The molecule has 0 aliphatic carbocycles. The molecule has 0 aliphatic rings. The fourth-order valence-electron chi connectivity index (χ4n) is 6.69. The van der Waals surface area contributed by atoms with E-state index in [1.807, 2.05) is 84.9 Å². The van der Waals surface area contributed by atoms with Crippen molar-refractivity contribution in [2.24, 2.45) is 0 Å². The van der Waals surface area contributed by atoms with E-state index in [2.05, 4.69) is 41.3 Å². The molecule has 0 saturated carbocycles. The fraction of sp³-hybridized carbons (Fsp3) is 0. The van der Waals surface area contributed by atoms with Gasteiger partial charge >= 0.3 is 0 Å². The van der Waals surface area contributed by atoms with Crippen molar-refractivity contribution in [3.8, 4) is 22.6 Å². The molecule has 230 valence electrons. The van der Waals surface area contributed by atoms with E-state index >= 15 is 0 Å². The number of nitrogens with zero attached hydrogens (tertiary/aromatic N) is 2. The zero-order chi connectivity index (χ0) is 39.3. The van der Waals surface area contributed by atoms with Crippen molar-refractivity contribution in [2.75, 3.05) is 4.90 Å². The lowest BCUT2D eigenvalue weighted by atomic mass is 10.0. The molecule has 0 N–H and O–H groups in total. The summed E-state index contributed by atoms with van der Waals surface area (Å²) in [6.07, 6.45) is 0. The molecule has 10 aromatic rings. The Morgan fingerprint density at radius 2 is 1.14 bits per heavy atom. The molecule has 0 spiro atoms. The van der Waals surface area contributed by atoms with Crippen LogP contribution in [0.15, 0.2) is 179 Å². The molecule has 0 amide bonds. The summed E-state index contributed by atoms with van der Waals surface area (Å²) >= 11 is 0. The number of aromatic nitrogens is 1. The van der Waals surface area contributed by atoms with Crippen LogP contribution >= 0.6 is 0 Å². The maximum Gasteiger partial charge on any atom is 0.227 e. The van der Waals surface area contributed by atoms with E-state index < -0.39 is 42.3 Å². The lowest BCUT2D eigenvalue weighted by Crippen LogP contribution is -2.11. The fourth-order valence-corrected chi connectivity index (χ4v) is 6.69. The van der Waals surface area contributed by atoms with Crippen LogP contribution in [0.3, 0.4) is 0 Å². The highest BCUT2D eigenvalue weighted by molar-refractivity contribution is 6.22. The highest BCUT2D eigenvalue weighted by Gasteiger charge is 2.20. The standard InChI is InChI=1S/C45H28N2O2/c1-2-12-29(13-3-1)33-14-8-10-20-40(33)47(32-26-27-37-36-17-9-11-21-41(36)48-42(37)28-32)31-24-22-30(23-25-31)45-46-43-38-18-6-4-15-34(38)35-16-5-7-19-39(35)44(43)49-45/h1-28H/i4D,5D,6D,7D,15D,16D,18D,19D. The number of benzene rings is 8. The predicted molar refractivity (Wildman–Crippen MR) is 202 cm³/mol. The van der Waals surface area contributed by atoms with Crippen molar-refractivity contribution >= 4 is 71.6 Å². The van der Waals surface area contributed by atoms with Gasteiger partial charge in [0.2, 0.25) is 5.89 Å². The molecule has 4 nitrogen and oxygen atoms in total. The second-order valence-electron chi connectivity index (χ2n) is 11.7. The average molecular weight is 637 g/mol. The molecule has 2 aromatic heterocycles. The van der Waals surface area contributed by atoms with Gasteiger partial charge in [0.25, 0.3) is 0 Å². The Morgan fingerprint density at radius 1 is 0.490 bits per heavy atom. The van der Waals surface area contributed by atoms with Crippen LogP contribution < -0.4 is 4.90 Å². The molecule has 2 heterocycles. The van der Waals surface area contributed by atoms with Crippen molar-refractivity contribution in [1.29, 1.82) is 0 Å². The molecular formula is C45H28N2O2. The zero-order valence-electron chi connectivity index (χ0n) is 33.8. The monoisotopic (exact) mass is 636 g/mol. The van der Waals surface area contributed by atoms with Crippen LogP contribution in [0.2, 0.25) is 0 Å². The molecule has 0 bridgehead atoms. The maximum atomic E-state index is 8.84. The number of anilines is 3. The number of fused-ring (bicyclic) bond motifs is 9. The first-order chi connectivity index (χ1) is 27.6. The summed E-state index contributed by atoms with van der Waals surface area (Å²) in [6, 6.07) is 36.3. The molecule has 0 saturated heterocycles. The molecule has 0 unspecified atom stereocenters. The number of oxazole rings is 1. The number of furan rings is 1. The van der Waals surface area contributed by atoms with Crippen LogP contribution in [0.1, 0.15) is 11.0 Å². The normalized spacial score (nSPS) is 14.0. The summed E-state index contributed by atoms with van der Waals surface area (Å²) in [5.41, 5.74) is 6.83. The first-order valence-electron chi connectivity index (χ1n) is 19.8. The second kappa shape index (κ2) is 11.0. The van der Waals surface area contributed by atoms with Crippen LogP contribution in [-0.4, -0.2) is 4.98 Å². The first kappa shape index (κ1) is 20.6. The molecule has 4 heteroatoms. The van der Waals surface area contributed by atoms with Crippen molar-refractivity contribution in [1.82, 2.24) is 4.98 Å². The number of hydrogen-bond acceptors (Lipinski definition) is 4. The molecule has 49 heavy (non-hydrogen) atoms. The van der Waals surface area contributed by atoms with Crippen LogP contribution in [0.5, 0.6) is 0 Å². The van der Waals surface area contributed by atoms with Gasteiger partial charge in [-0.1, -0.05) is 115 Å². The van der Waals surface area contributed by atoms with E-state index in [4.69, 9.17) is 24.8 Å². The van der Waals surface area contributed by atoms with Gasteiger partial charge < -0.3 is 13.7 Å². The number of rotatable bonds is 5. The Kier molecular flexibility index (Phi) is 4.60. The van der Waals surface area contributed by atoms with Gasteiger partial charge in [0.15, 0.2) is 5.58 Å². The van der Waals surface area contributed by atoms with E-state index in [1.54, 1.807) is 0 Å². The summed E-state index contributed by atoms with van der Waals surface area (Å²) in [7, 11) is 0. The van der Waals surface area contributed by atoms with Crippen molar-refractivity contribution in [2.45, 2.75) is 0 Å². The number of hydrogen-bond donors (Lipinski definition) is 0. The highest BCUT2D eigenvalue weighted by Crippen LogP contribution is 2.43. The van der Waals surface area contributed by atoms with Gasteiger partial charge in [0.1, 0.15) is 16.7 Å². The van der Waals surface area contributed by atoms with E-state index in [0.717, 1.165) is 50.1 Å². The molecule has 0 aliphatic heterocycles. The van der Waals surface area contributed by atoms with Crippen LogP contribution in [0.4, 0.5) is 17.1 Å². The van der Waals surface area contributed by atoms with E-state index in [1.165, 1.54) is 0 Å². The Morgan fingerprint density at radius 3 is 1.98 bits per heavy atom. The van der Waals surface area contributed by atoms with Crippen molar-refractivity contribution in [3.05, 3.63) is 170 Å². The SMILES string of the molecule is [2H]c1c([2H])c([2H])c2c(c1[2H])c1nc(-c3ccc(N(c4ccc5c(c4)oc4ccccc45)c4ccccc4-c4ccccc4)cc3)oc1c1c([2H])c([2H])c([2H])c([2H])c12. The predicted octanol–water partition coefficient (Wildman–Crippen LogP) is 12.8. The van der Waals surface area contributed by atoms with Gasteiger partial charge in [-0.05, 0) is 64.9 Å². The van der Waals surface area contributed by atoms with Gasteiger partial charge in [-0.2, -0.15) is 0 Å². The summed E-state index contributed by atoms with van der Waals surface area (Å²) in [6.45, 7) is 0. The third kappa shape index (κ3) is 4.42. The van der Waals surface area contributed by atoms with E-state index in [0.29, 0.717) is 5.56 Å². The first-order valence-corrected chi connectivity index (χ1v) is 15.8. The van der Waals surface area contributed by atoms with Crippen molar-refractivity contribution in [3.63, 3.8) is 0 Å². The minimum Gasteiger partial charge on any atom is -0.456 e. The molecule has 10 rings (SSSR count). The zero-order valence-corrected chi connectivity index (χ0v) is 25.8. The Bertz CT molecular complexity index is 3190. The minimum atomic E-state index is -0.520. The van der Waals surface area contributed by atoms with Gasteiger partial charge in [0, 0.05) is 50.1 Å². The van der Waals surface area contributed by atoms with Crippen molar-refractivity contribution < 1.29 is 19.8 Å². The molecule has 0 radical (unpaired) electrons. The van der Waals surface area contributed by atoms with E-state index in [-0.39, 0.29) is 44.6 Å². The quantitative estimate of drug-likeness (QED) is 0.176. The molecule has 0 fully saturated rings. The Labute approximate surface area is 293 Å². The maximum absolute atomic E-state index is 8.84. The summed E-state index contributed by atoms with van der Waals surface area (Å²) in [5, 5.41) is 1.96. The molecule has 8 aromatic carbocycles. The highest BCUT2D eigenvalue weighted by atomic mass is 16.3. The van der Waals surface area contributed by atoms with Crippen LogP contribution in [0, 0.1) is 0 Å². The van der Waals surface area contributed by atoms with E-state index in [9.17, 15) is 0 Å². The third-order valence-electron chi connectivity index (χ3n) is 8.94. The van der Waals surface area contributed by atoms with Gasteiger partial charge in [-0.15, -0.1) is 0 Å². The lowest BCUT2D eigenvalue weighted by molar-refractivity contribution is 0.623. The van der Waals surface area contributed by atoms with Crippen LogP contribution in [-0.2, 0) is 0 Å². The minimum absolute atomic E-state index is 0.00570. The molecular weight excluding hydrogens is 601 g/mol. The Hall–Kier alpha value is -6.65. The smallest absolute Gasteiger partial charge is 0.227 e.